The summed E-state index contributed by atoms with van der Waals surface area (Å²) in [6, 6.07) is 13.9. The van der Waals surface area contributed by atoms with Gasteiger partial charge in [0.05, 0.1) is 6.61 Å². The molecule has 0 aliphatic rings. The average molecular weight is 438 g/mol. The van der Waals surface area contributed by atoms with Crippen molar-refractivity contribution in [3.63, 3.8) is 0 Å². The molecule has 1 heterocycles. The lowest BCUT2D eigenvalue weighted by molar-refractivity contribution is -0.118. The zero-order valence-corrected chi connectivity index (χ0v) is 19.1. The van der Waals surface area contributed by atoms with Crippen molar-refractivity contribution in [2.45, 2.75) is 34.1 Å². The Labute approximate surface area is 187 Å². The lowest BCUT2D eigenvalue weighted by atomic mass is 10.0. The van der Waals surface area contributed by atoms with E-state index in [0.29, 0.717) is 16.3 Å². The largest absolute Gasteiger partial charge is 0.484 e. The molecule has 162 valence electrons. The Hall–Kier alpha value is -3.12. The minimum atomic E-state index is -0.455. The zero-order valence-electron chi connectivity index (χ0n) is 18.3. The van der Waals surface area contributed by atoms with Crippen molar-refractivity contribution in [3.8, 4) is 16.9 Å². The smallest absolute Gasteiger partial charge is 0.341 e. The van der Waals surface area contributed by atoms with E-state index in [2.05, 4.69) is 12.2 Å². The predicted octanol–water partition coefficient (Wildman–Crippen LogP) is 5.79. The third kappa shape index (κ3) is 5.73. The van der Waals surface area contributed by atoms with Crippen LogP contribution in [-0.4, -0.2) is 25.1 Å². The van der Waals surface area contributed by atoms with Gasteiger partial charge in [0.2, 0.25) is 0 Å². The molecule has 3 rings (SSSR count). The quantitative estimate of drug-likeness (QED) is 0.453. The van der Waals surface area contributed by atoms with Crippen LogP contribution in [-0.2, 0) is 16.0 Å². The standard InChI is InChI=1S/C25H27NO4S/c1-5-18-7-9-19(10-8-18)21-15-31-24(23(21)25(28)29-6-2)26-22(27)14-30-20-12-16(3)11-17(4)13-20/h7-13,15H,5-6,14H2,1-4H3,(H,26,27). The molecule has 0 bridgehead atoms. The van der Waals surface area contributed by atoms with Gasteiger partial charge in [-0.25, -0.2) is 4.79 Å². The Bertz CT molecular complexity index is 1050. The summed E-state index contributed by atoms with van der Waals surface area (Å²) in [5, 5.41) is 5.14. The van der Waals surface area contributed by atoms with Crippen LogP contribution in [0.5, 0.6) is 5.75 Å². The van der Waals surface area contributed by atoms with Gasteiger partial charge in [-0.05, 0) is 61.6 Å². The fourth-order valence-corrected chi connectivity index (χ4v) is 4.29. The molecular weight excluding hydrogens is 410 g/mol. The number of esters is 1. The van der Waals surface area contributed by atoms with Crippen LogP contribution in [0.4, 0.5) is 5.00 Å². The van der Waals surface area contributed by atoms with Gasteiger partial charge >= 0.3 is 5.97 Å². The number of rotatable bonds is 8. The summed E-state index contributed by atoms with van der Waals surface area (Å²) >= 11 is 1.30. The van der Waals surface area contributed by atoms with Crippen LogP contribution in [0.15, 0.2) is 47.8 Å². The van der Waals surface area contributed by atoms with Gasteiger partial charge in [0.25, 0.3) is 5.91 Å². The van der Waals surface area contributed by atoms with E-state index in [1.807, 2.05) is 61.7 Å². The molecule has 1 aromatic heterocycles. The van der Waals surface area contributed by atoms with Gasteiger partial charge in [-0.1, -0.05) is 37.3 Å². The molecule has 0 aliphatic heterocycles. The second-order valence-corrected chi connectivity index (χ2v) is 8.16. The van der Waals surface area contributed by atoms with Crippen molar-refractivity contribution >= 4 is 28.2 Å². The third-order valence-electron chi connectivity index (χ3n) is 4.76. The topological polar surface area (TPSA) is 64.6 Å². The SMILES string of the molecule is CCOC(=O)c1c(-c2ccc(CC)cc2)csc1NC(=O)COc1cc(C)cc(C)c1. The lowest BCUT2D eigenvalue weighted by Crippen LogP contribution is -2.21. The Kier molecular flexibility index (Phi) is 7.47. The Morgan fingerprint density at radius 2 is 1.68 bits per heavy atom. The van der Waals surface area contributed by atoms with Crippen LogP contribution in [0, 0.1) is 13.8 Å². The molecule has 2 aromatic carbocycles. The van der Waals surface area contributed by atoms with E-state index in [-0.39, 0.29) is 19.1 Å². The van der Waals surface area contributed by atoms with Crippen molar-refractivity contribution in [2.75, 3.05) is 18.5 Å². The summed E-state index contributed by atoms with van der Waals surface area (Å²) in [6.07, 6.45) is 0.941. The predicted molar refractivity (Wildman–Crippen MR) is 125 cm³/mol. The number of anilines is 1. The molecule has 0 spiro atoms. The second kappa shape index (κ2) is 10.3. The summed E-state index contributed by atoms with van der Waals surface area (Å²) < 4.78 is 10.9. The number of aryl methyl sites for hydroxylation is 3. The van der Waals surface area contributed by atoms with E-state index in [1.54, 1.807) is 6.92 Å². The van der Waals surface area contributed by atoms with Gasteiger partial charge in [0.15, 0.2) is 6.61 Å². The van der Waals surface area contributed by atoms with Crippen LogP contribution in [0.2, 0.25) is 0 Å². The molecule has 5 nitrogen and oxygen atoms in total. The first-order valence-corrected chi connectivity index (χ1v) is 11.2. The van der Waals surface area contributed by atoms with Crippen molar-refractivity contribution in [2.24, 2.45) is 0 Å². The van der Waals surface area contributed by atoms with Crippen molar-refractivity contribution in [1.29, 1.82) is 0 Å². The molecule has 0 unspecified atom stereocenters. The van der Waals surface area contributed by atoms with Gasteiger partial charge in [-0.3, -0.25) is 4.79 Å². The first kappa shape index (κ1) is 22.6. The van der Waals surface area contributed by atoms with E-state index in [9.17, 15) is 9.59 Å². The van der Waals surface area contributed by atoms with Gasteiger partial charge in [0.1, 0.15) is 16.3 Å². The molecule has 0 fully saturated rings. The number of amides is 1. The van der Waals surface area contributed by atoms with Crippen LogP contribution in [0.3, 0.4) is 0 Å². The third-order valence-corrected chi connectivity index (χ3v) is 5.66. The molecule has 6 heteroatoms. The number of nitrogens with one attached hydrogen (secondary N) is 1. The Morgan fingerprint density at radius 1 is 1.00 bits per heavy atom. The first-order valence-electron chi connectivity index (χ1n) is 10.3. The number of carbonyl (C=O) groups is 2. The maximum Gasteiger partial charge on any atom is 0.341 e. The van der Waals surface area contributed by atoms with Gasteiger partial charge in [-0.2, -0.15) is 0 Å². The summed E-state index contributed by atoms with van der Waals surface area (Å²) in [6.45, 7) is 7.92. The Balaban J connectivity index is 1.80. The molecule has 0 aliphatic carbocycles. The minimum absolute atomic E-state index is 0.149. The number of hydrogen-bond donors (Lipinski definition) is 1. The van der Waals surface area contributed by atoms with E-state index >= 15 is 0 Å². The second-order valence-electron chi connectivity index (χ2n) is 7.28. The molecule has 1 N–H and O–H groups in total. The lowest BCUT2D eigenvalue weighted by Gasteiger charge is -2.10. The highest BCUT2D eigenvalue weighted by Crippen LogP contribution is 2.36. The van der Waals surface area contributed by atoms with Gasteiger partial charge < -0.3 is 14.8 Å². The number of carbonyl (C=O) groups excluding carboxylic acids is 2. The molecule has 0 radical (unpaired) electrons. The molecule has 1 amide bonds. The molecule has 31 heavy (non-hydrogen) atoms. The van der Waals surface area contributed by atoms with Crippen LogP contribution in [0.25, 0.3) is 11.1 Å². The average Bonchev–Trinajstić information content (AvgIpc) is 3.15. The van der Waals surface area contributed by atoms with E-state index < -0.39 is 5.97 Å². The summed E-state index contributed by atoms with van der Waals surface area (Å²) in [5.74, 6) is -0.149. The minimum Gasteiger partial charge on any atom is -0.484 e. The fraction of sp³-hybridized carbons (Fsp3) is 0.280. The van der Waals surface area contributed by atoms with Crippen molar-refractivity contribution in [1.82, 2.24) is 0 Å². The number of hydrogen-bond acceptors (Lipinski definition) is 5. The van der Waals surface area contributed by atoms with Crippen molar-refractivity contribution in [3.05, 3.63) is 70.1 Å². The highest BCUT2D eigenvalue weighted by molar-refractivity contribution is 7.15. The van der Waals surface area contributed by atoms with Gasteiger partial charge in [-0.15, -0.1) is 11.3 Å². The molecule has 0 saturated heterocycles. The van der Waals surface area contributed by atoms with E-state index in [4.69, 9.17) is 9.47 Å². The zero-order chi connectivity index (χ0) is 22.4. The number of benzene rings is 2. The number of ether oxygens (including phenoxy) is 2. The molecule has 0 atom stereocenters. The van der Waals surface area contributed by atoms with Crippen molar-refractivity contribution < 1.29 is 19.1 Å². The maximum absolute atomic E-state index is 12.7. The monoisotopic (exact) mass is 437 g/mol. The summed E-state index contributed by atoms with van der Waals surface area (Å²) in [7, 11) is 0. The van der Waals surface area contributed by atoms with Crippen LogP contribution in [0.1, 0.15) is 40.9 Å². The summed E-state index contributed by atoms with van der Waals surface area (Å²) in [4.78, 5) is 25.2. The molecule has 0 saturated carbocycles. The van der Waals surface area contributed by atoms with Crippen LogP contribution < -0.4 is 10.1 Å². The molecule has 3 aromatic rings. The fourth-order valence-electron chi connectivity index (χ4n) is 3.32. The van der Waals surface area contributed by atoms with E-state index in [1.165, 1.54) is 16.9 Å². The van der Waals surface area contributed by atoms with Gasteiger partial charge in [0, 0.05) is 10.9 Å². The normalized spacial score (nSPS) is 10.6. The highest BCUT2D eigenvalue weighted by atomic mass is 32.1. The van der Waals surface area contributed by atoms with Crippen LogP contribution >= 0.6 is 11.3 Å². The Morgan fingerprint density at radius 3 is 2.29 bits per heavy atom. The number of thiophene rings is 1. The molecular formula is C25H27NO4S. The summed E-state index contributed by atoms with van der Waals surface area (Å²) in [5.41, 5.74) is 5.37. The first-order chi connectivity index (χ1) is 14.9. The highest BCUT2D eigenvalue weighted by Gasteiger charge is 2.23. The van der Waals surface area contributed by atoms with E-state index in [0.717, 1.165) is 28.7 Å². The maximum atomic E-state index is 12.7.